The molecule has 0 radical (unpaired) electrons. The van der Waals surface area contributed by atoms with Crippen LogP contribution >= 0.6 is 34.8 Å². The summed E-state index contributed by atoms with van der Waals surface area (Å²) in [5.74, 6) is -1.92. The molecule has 4 rings (SSSR count). The molecule has 0 saturated carbocycles. The van der Waals surface area contributed by atoms with Crippen molar-refractivity contribution in [2.24, 2.45) is 0 Å². The molecule has 2 N–H and O–H groups in total. The molecule has 1 heterocycles. The Balaban J connectivity index is 1.55. The van der Waals surface area contributed by atoms with Gasteiger partial charge in [-0.1, -0.05) is 53.0 Å². The first-order valence-corrected chi connectivity index (χ1v) is 11.5. The van der Waals surface area contributed by atoms with Gasteiger partial charge in [0, 0.05) is 16.3 Å². The van der Waals surface area contributed by atoms with Crippen LogP contribution in [0, 0.1) is 0 Å². The number of nitrogens with zero attached hydrogens (tertiary/aromatic N) is 1. The van der Waals surface area contributed by atoms with Crippen LogP contribution < -0.4 is 20.3 Å². The molecule has 0 bridgehead atoms. The van der Waals surface area contributed by atoms with Crippen LogP contribution in [0.3, 0.4) is 0 Å². The van der Waals surface area contributed by atoms with Gasteiger partial charge in [0.25, 0.3) is 17.7 Å². The Morgan fingerprint density at radius 3 is 2.39 bits per heavy atom. The minimum absolute atomic E-state index is 0.132. The molecule has 3 aromatic rings. The SMILES string of the molecule is O=C(COc1ccccc1/C=C1\C(=O)NC(=O)N(c2ccc(Cl)c(Cl)c2)C1=O)Nc1ccc(Cl)cc1. The topological polar surface area (TPSA) is 105 Å². The van der Waals surface area contributed by atoms with Gasteiger partial charge in [-0.3, -0.25) is 19.7 Å². The van der Waals surface area contributed by atoms with Crippen molar-refractivity contribution in [3.05, 3.63) is 92.9 Å². The highest BCUT2D eigenvalue weighted by atomic mass is 35.5. The first-order chi connectivity index (χ1) is 17.2. The van der Waals surface area contributed by atoms with E-state index in [0.717, 1.165) is 4.90 Å². The van der Waals surface area contributed by atoms with E-state index < -0.39 is 23.8 Å². The number of urea groups is 1. The summed E-state index contributed by atoms with van der Waals surface area (Å²) in [5.41, 5.74) is 0.703. The van der Waals surface area contributed by atoms with E-state index >= 15 is 0 Å². The number of carbonyl (C=O) groups is 4. The van der Waals surface area contributed by atoms with Crippen LogP contribution in [0.25, 0.3) is 6.08 Å². The standard InChI is InChI=1S/C25H16Cl3N3O5/c26-15-5-7-16(8-6-15)29-22(32)13-36-21-4-2-1-3-14(21)11-18-23(33)30-25(35)31(24(18)34)17-9-10-19(27)20(28)12-17/h1-12H,13H2,(H,29,32)(H,30,33,35)/b18-11+. The lowest BCUT2D eigenvalue weighted by Crippen LogP contribution is -2.54. The number of ether oxygens (including phenoxy) is 1. The smallest absolute Gasteiger partial charge is 0.335 e. The number of anilines is 2. The molecule has 1 aliphatic heterocycles. The van der Waals surface area contributed by atoms with E-state index in [1.807, 2.05) is 0 Å². The van der Waals surface area contributed by atoms with Crippen molar-refractivity contribution in [3.8, 4) is 5.75 Å². The van der Waals surface area contributed by atoms with Gasteiger partial charge in [0.15, 0.2) is 6.61 Å². The predicted octanol–water partition coefficient (Wildman–Crippen LogP) is 5.33. The Kier molecular flexibility index (Phi) is 7.59. The van der Waals surface area contributed by atoms with Crippen LogP contribution in [0.1, 0.15) is 5.56 Å². The van der Waals surface area contributed by atoms with Crippen molar-refractivity contribution in [2.75, 3.05) is 16.8 Å². The number of hydrogen-bond donors (Lipinski definition) is 2. The molecule has 5 amide bonds. The second-order valence-electron chi connectivity index (χ2n) is 7.44. The molecule has 182 valence electrons. The fraction of sp³-hybridized carbons (Fsp3) is 0.0400. The summed E-state index contributed by atoms with van der Waals surface area (Å²) in [6.07, 6.45) is 1.28. The number of para-hydroxylation sites is 1. The third kappa shape index (κ3) is 5.68. The normalized spacial score (nSPS) is 14.6. The molecule has 0 spiro atoms. The number of carbonyl (C=O) groups excluding carboxylic acids is 4. The molecule has 1 fully saturated rings. The van der Waals surface area contributed by atoms with Gasteiger partial charge >= 0.3 is 6.03 Å². The maximum absolute atomic E-state index is 13.1. The minimum Gasteiger partial charge on any atom is -0.483 e. The van der Waals surface area contributed by atoms with Crippen LogP contribution in [-0.4, -0.2) is 30.4 Å². The fourth-order valence-electron chi connectivity index (χ4n) is 3.28. The van der Waals surface area contributed by atoms with Crippen molar-refractivity contribution in [3.63, 3.8) is 0 Å². The molecular formula is C25H16Cl3N3O5. The summed E-state index contributed by atoms with van der Waals surface area (Å²) in [4.78, 5) is 51.1. The maximum Gasteiger partial charge on any atom is 0.335 e. The molecular weight excluding hydrogens is 529 g/mol. The summed E-state index contributed by atoms with van der Waals surface area (Å²) in [6, 6.07) is 16.3. The highest BCUT2D eigenvalue weighted by Gasteiger charge is 2.37. The van der Waals surface area contributed by atoms with Crippen LogP contribution in [0.15, 0.2) is 72.3 Å². The highest BCUT2D eigenvalue weighted by Crippen LogP contribution is 2.30. The van der Waals surface area contributed by atoms with Gasteiger partial charge in [-0.2, -0.15) is 0 Å². The van der Waals surface area contributed by atoms with Crippen molar-refractivity contribution in [1.29, 1.82) is 0 Å². The minimum atomic E-state index is -0.927. The fourth-order valence-corrected chi connectivity index (χ4v) is 3.69. The molecule has 1 saturated heterocycles. The Morgan fingerprint density at radius 2 is 1.67 bits per heavy atom. The largest absolute Gasteiger partial charge is 0.483 e. The molecule has 0 aliphatic carbocycles. The number of nitrogens with one attached hydrogen (secondary N) is 2. The third-order valence-corrected chi connectivity index (χ3v) is 5.96. The van der Waals surface area contributed by atoms with Crippen molar-refractivity contribution in [1.82, 2.24) is 5.32 Å². The average molecular weight is 545 g/mol. The Hall–Kier alpha value is -3.85. The van der Waals surface area contributed by atoms with E-state index in [9.17, 15) is 19.2 Å². The molecule has 1 aliphatic rings. The van der Waals surface area contributed by atoms with Crippen molar-refractivity contribution < 1.29 is 23.9 Å². The van der Waals surface area contributed by atoms with E-state index in [1.54, 1.807) is 48.5 Å². The lowest BCUT2D eigenvalue weighted by Gasteiger charge is -2.26. The van der Waals surface area contributed by atoms with E-state index in [4.69, 9.17) is 39.5 Å². The maximum atomic E-state index is 13.1. The van der Waals surface area contributed by atoms with E-state index in [1.165, 1.54) is 24.3 Å². The van der Waals surface area contributed by atoms with Gasteiger partial charge in [-0.05, 0) is 54.6 Å². The van der Waals surface area contributed by atoms with Gasteiger partial charge in [0.1, 0.15) is 11.3 Å². The zero-order valence-corrected chi connectivity index (χ0v) is 20.5. The lowest BCUT2D eigenvalue weighted by atomic mass is 10.1. The predicted molar refractivity (Wildman–Crippen MR) is 137 cm³/mol. The molecule has 11 heteroatoms. The van der Waals surface area contributed by atoms with Gasteiger partial charge in [0.2, 0.25) is 0 Å². The molecule has 0 atom stereocenters. The van der Waals surface area contributed by atoms with Crippen LogP contribution in [0.4, 0.5) is 16.2 Å². The quantitative estimate of drug-likeness (QED) is 0.322. The summed E-state index contributed by atoms with van der Waals surface area (Å²) < 4.78 is 5.63. The lowest BCUT2D eigenvalue weighted by molar-refractivity contribution is -0.122. The highest BCUT2D eigenvalue weighted by molar-refractivity contribution is 6.43. The first-order valence-electron chi connectivity index (χ1n) is 10.4. The molecule has 3 aromatic carbocycles. The molecule has 8 nitrogen and oxygen atoms in total. The Bertz CT molecular complexity index is 1410. The second-order valence-corrected chi connectivity index (χ2v) is 8.69. The number of rotatable bonds is 6. The Morgan fingerprint density at radius 1 is 0.944 bits per heavy atom. The van der Waals surface area contributed by atoms with E-state index in [0.29, 0.717) is 16.3 Å². The van der Waals surface area contributed by atoms with Crippen LogP contribution in [0.2, 0.25) is 15.1 Å². The molecule has 36 heavy (non-hydrogen) atoms. The number of barbiturate groups is 1. The molecule has 0 unspecified atom stereocenters. The van der Waals surface area contributed by atoms with E-state index in [2.05, 4.69) is 10.6 Å². The number of benzene rings is 3. The van der Waals surface area contributed by atoms with Crippen LogP contribution in [-0.2, 0) is 14.4 Å². The average Bonchev–Trinajstić information content (AvgIpc) is 2.84. The van der Waals surface area contributed by atoms with Crippen molar-refractivity contribution >= 4 is 76.0 Å². The Labute approximate surface area is 220 Å². The monoisotopic (exact) mass is 543 g/mol. The first kappa shape index (κ1) is 25.2. The summed E-state index contributed by atoms with van der Waals surface area (Å²) in [5, 5.41) is 5.71. The number of hydrogen-bond acceptors (Lipinski definition) is 5. The summed E-state index contributed by atoms with van der Waals surface area (Å²) in [7, 11) is 0. The zero-order valence-electron chi connectivity index (χ0n) is 18.3. The number of halogens is 3. The second kappa shape index (κ2) is 10.8. The van der Waals surface area contributed by atoms with Gasteiger partial charge in [-0.15, -0.1) is 0 Å². The van der Waals surface area contributed by atoms with Gasteiger partial charge in [0.05, 0.1) is 15.7 Å². The van der Waals surface area contributed by atoms with Gasteiger partial charge in [-0.25, -0.2) is 9.69 Å². The zero-order chi connectivity index (χ0) is 25.8. The molecule has 0 aromatic heterocycles. The number of imide groups is 2. The summed E-state index contributed by atoms with van der Waals surface area (Å²) in [6.45, 7) is -0.336. The van der Waals surface area contributed by atoms with Gasteiger partial charge < -0.3 is 10.1 Å². The van der Waals surface area contributed by atoms with E-state index in [-0.39, 0.29) is 33.7 Å². The third-order valence-electron chi connectivity index (χ3n) is 4.97. The van der Waals surface area contributed by atoms with Crippen LogP contribution in [0.5, 0.6) is 5.75 Å². The number of amides is 5. The van der Waals surface area contributed by atoms with Crippen molar-refractivity contribution in [2.45, 2.75) is 0 Å². The summed E-state index contributed by atoms with van der Waals surface area (Å²) >= 11 is 17.8.